The molecule has 0 unspecified atom stereocenters. The molecular formula is C19H19F3N3NaO3. The molecule has 3 rings (SSSR count). The van der Waals surface area contributed by atoms with Crippen LogP contribution >= 0.6 is 0 Å². The molecule has 29 heavy (non-hydrogen) atoms. The van der Waals surface area contributed by atoms with Crippen molar-refractivity contribution in [2.75, 3.05) is 36.4 Å². The van der Waals surface area contributed by atoms with E-state index in [4.69, 9.17) is 0 Å². The first kappa shape index (κ1) is 23.1. The Morgan fingerprint density at radius 1 is 0.931 bits per heavy atom. The van der Waals surface area contributed by atoms with Crippen molar-refractivity contribution in [2.24, 2.45) is 0 Å². The summed E-state index contributed by atoms with van der Waals surface area (Å²) in [5, 5.41) is 11.8. The number of carbonyl (C=O) groups is 2. The molecule has 2 aromatic rings. The minimum absolute atomic E-state index is 0. The number of aromatic carboxylic acids is 1. The molecule has 1 heterocycles. The van der Waals surface area contributed by atoms with Crippen LogP contribution in [0, 0.1) is 0 Å². The molecule has 0 aliphatic carbocycles. The zero-order chi connectivity index (χ0) is 20.3. The van der Waals surface area contributed by atoms with E-state index in [1.54, 1.807) is 17.0 Å². The number of benzene rings is 2. The maximum atomic E-state index is 12.7. The number of carbonyl (C=O) groups excluding carboxylic acids is 1. The number of carboxylic acid groups (broad SMARTS) is 1. The number of hydrogen-bond acceptors (Lipinski definition) is 3. The van der Waals surface area contributed by atoms with Gasteiger partial charge in [-0.15, -0.1) is 0 Å². The summed E-state index contributed by atoms with van der Waals surface area (Å²) < 4.78 is 38.0. The predicted octanol–water partition coefficient (Wildman–Crippen LogP) is 3.11. The van der Waals surface area contributed by atoms with Gasteiger partial charge in [0.1, 0.15) is 0 Å². The summed E-state index contributed by atoms with van der Waals surface area (Å²) in [6.45, 7) is 1.64. The monoisotopic (exact) mass is 417 g/mol. The van der Waals surface area contributed by atoms with Gasteiger partial charge < -0.3 is 20.2 Å². The number of rotatable bonds is 3. The Balaban J connectivity index is 0.00000300. The second-order valence-corrected chi connectivity index (χ2v) is 6.30. The number of urea groups is 1. The fourth-order valence-corrected chi connectivity index (χ4v) is 3.00. The third-order valence-electron chi connectivity index (χ3n) is 4.53. The number of piperazine rings is 1. The molecule has 2 aromatic carbocycles. The van der Waals surface area contributed by atoms with E-state index in [-0.39, 0.29) is 40.8 Å². The number of nitrogens with zero attached hydrogens (tertiary/aromatic N) is 2. The van der Waals surface area contributed by atoms with Crippen LogP contribution in [0.5, 0.6) is 0 Å². The molecule has 0 aromatic heterocycles. The Morgan fingerprint density at radius 3 is 2.07 bits per heavy atom. The van der Waals surface area contributed by atoms with E-state index in [0.29, 0.717) is 31.9 Å². The molecule has 1 aliphatic rings. The van der Waals surface area contributed by atoms with Crippen LogP contribution in [-0.2, 0) is 6.18 Å². The fourth-order valence-electron chi connectivity index (χ4n) is 3.00. The van der Waals surface area contributed by atoms with Gasteiger partial charge in [-0.3, -0.25) is 0 Å². The first-order valence-corrected chi connectivity index (χ1v) is 8.56. The topological polar surface area (TPSA) is 72.9 Å². The van der Waals surface area contributed by atoms with E-state index >= 15 is 0 Å². The maximum absolute atomic E-state index is 12.7. The molecule has 6 nitrogen and oxygen atoms in total. The van der Waals surface area contributed by atoms with Crippen LogP contribution in [-0.4, -0.2) is 77.7 Å². The molecule has 2 amide bonds. The number of amides is 2. The molecule has 150 valence electrons. The van der Waals surface area contributed by atoms with Crippen molar-refractivity contribution in [3.05, 3.63) is 59.7 Å². The van der Waals surface area contributed by atoms with Gasteiger partial charge in [-0.2, -0.15) is 13.2 Å². The van der Waals surface area contributed by atoms with Crippen molar-refractivity contribution in [3.8, 4) is 0 Å². The Hall–Kier alpha value is -2.23. The van der Waals surface area contributed by atoms with Crippen LogP contribution in [0.25, 0.3) is 0 Å². The number of anilines is 2. The second kappa shape index (κ2) is 9.51. The Kier molecular flexibility index (Phi) is 7.56. The summed E-state index contributed by atoms with van der Waals surface area (Å²) in [6.07, 6.45) is -4.37. The van der Waals surface area contributed by atoms with Crippen molar-refractivity contribution in [3.63, 3.8) is 0 Å². The number of hydrogen-bond donors (Lipinski definition) is 2. The summed E-state index contributed by atoms with van der Waals surface area (Å²) >= 11 is 0. The van der Waals surface area contributed by atoms with Crippen molar-refractivity contribution in [1.82, 2.24) is 4.90 Å². The van der Waals surface area contributed by atoms with Gasteiger partial charge in [0.05, 0.1) is 16.8 Å². The van der Waals surface area contributed by atoms with Gasteiger partial charge in [0.25, 0.3) is 0 Å². The second-order valence-electron chi connectivity index (χ2n) is 6.30. The van der Waals surface area contributed by atoms with Crippen LogP contribution in [0.2, 0.25) is 0 Å². The van der Waals surface area contributed by atoms with E-state index in [2.05, 4.69) is 5.32 Å². The van der Waals surface area contributed by atoms with E-state index < -0.39 is 23.7 Å². The summed E-state index contributed by atoms with van der Waals surface area (Å²) in [4.78, 5) is 27.1. The molecule has 0 radical (unpaired) electrons. The van der Waals surface area contributed by atoms with Crippen molar-refractivity contribution in [1.29, 1.82) is 0 Å². The van der Waals surface area contributed by atoms with E-state index in [1.807, 2.05) is 4.90 Å². The molecular weight excluding hydrogens is 398 g/mol. The van der Waals surface area contributed by atoms with E-state index in [1.165, 1.54) is 24.3 Å². The predicted molar refractivity (Wildman–Crippen MR) is 105 cm³/mol. The van der Waals surface area contributed by atoms with Crippen molar-refractivity contribution in [2.45, 2.75) is 6.18 Å². The summed E-state index contributed by atoms with van der Waals surface area (Å²) in [5.74, 6) is -1.14. The molecule has 0 atom stereocenters. The molecule has 0 saturated carbocycles. The molecule has 1 saturated heterocycles. The molecule has 0 spiro atoms. The van der Waals surface area contributed by atoms with E-state index in [9.17, 15) is 27.9 Å². The summed E-state index contributed by atoms with van der Waals surface area (Å²) in [5.41, 5.74) is 0.167. The zero-order valence-electron chi connectivity index (χ0n) is 14.7. The van der Waals surface area contributed by atoms with Gasteiger partial charge in [0.2, 0.25) is 0 Å². The van der Waals surface area contributed by atoms with Crippen LogP contribution in [0.3, 0.4) is 0 Å². The molecule has 10 heteroatoms. The third kappa shape index (κ3) is 5.65. The average molecular weight is 417 g/mol. The van der Waals surface area contributed by atoms with Crippen LogP contribution in [0.1, 0.15) is 15.9 Å². The number of nitrogens with one attached hydrogen (secondary N) is 1. The van der Waals surface area contributed by atoms with Crippen LogP contribution in [0.4, 0.5) is 29.3 Å². The average Bonchev–Trinajstić information content (AvgIpc) is 2.68. The summed E-state index contributed by atoms with van der Waals surface area (Å²) in [6, 6.07) is 10.6. The Labute approximate surface area is 187 Å². The van der Waals surface area contributed by atoms with E-state index in [0.717, 1.165) is 12.1 Å². The SMILES string of the molecule is O=C(O)c1ccccc1NC(=O)N1CCN(c2ccc(C(F)(F)F)cc2)CC1.[NaH]. The molecule has 1 fully saturated rings. The quantitative estimate of drug-likeness (QED) is 0.753. The molecule has 0 bridgehead atoms. The Bertz CT molecular complexity index is 867. The number of alkyl halides is 3. The van der Waals surface area contributed by atoms with Crippen LogP contribution in [0.15, 0.2) is 48.5 Å². The van der Waals surface area contributed by atoms with Gasteiger partial charge in [0, 0.05) is 31.9 Å². The van der Waals surface area contributed by atoms with Gasteiger partial charge in [-0.1, -0.05) is 12.1 Å². The van der Waals surface area contributed by atoms with Crippen molar-refractivity contribution >= 4 is 52.9 Å². The van der Waals surface area contributed by atoms with Gasteiger partial charge in [0.15, 0.2) is 0 Å². The normalized spacial score (nSPS) is 14.2. The fraction of sp³-hybridized carbons (Fsp3) is 0.263. The molecule has 2 N–H and O–H groups in total. The summed E-state index contributed by atoms with van der Waals surface area (Å²) in [7, 11) is 0. The minimum atomic E-state index is -4.37. The third-order valence-corrected chi connectivity index (χ3v) is 4.53. The van der Waals surface area contributed by atoms with Crippen molar-refractivity contribution < 1.29 is 27.9 Å². The van der Waals surface area contributed by atoms with Gasteiger partial charge in [-0.05, 0) is 36.4 Å². The van der Waals surface area contributed by atoms with Crippen LogP contribution < -0.4 is 10.2 Å². The zero-order valence-corrected chi connectivity index (χ0v) is 14.7. The number of carboxylic acids is 1. The van der Waals surface area contributed by atoms with Gasteiger partial charge >= 0.3 is 47.7 Å². The molecule has 1 aliphatic heterocycles. The van der Waals surface area contributed by atoms with Gasteiger partial charge in [-0.25, -0.2) is 9.59 Å². The number of halogens is 3. The standard InChI is InChI=1S/C19H18F3N3O3.Na.H/c20-19(21,22)13-5-7-14(8-6-13)24-9-11-25(12-10-24)18(28)23-16-4-2-1-3-15(16)17(26)27;;/h1-8H,9-12H2,(H,23,28)(H,26,27);;. The first-order chi connectivity index (χ1) is 13.3. The Morgan fingerprint density at radius 2 is 1.52 bits per heavy atom. The number of para-hydroxylation sites is 1. The first-order valence-electron chi connectivity index (χ1n) is 8.56.